The normalized spacial score (nSPS) is 10.3. The fourth-order valence-corrected chi connectivity index (χ4v) is 1.70. The molecule has 0 atom stereocenters. The third-order valence-electron chi connectivity index (χ3n) is 2.78. The molecule has 1 aromatic carbocycles. The maximum Gasteiger partial charge on any atom is 0.354 e. The van der Waals surface area contributed by atoms with Crippen LogP contribution < -0.4 is 4.90 Å². The van der Waals surface area contributed by atoms with E-state index in [1.807, 2.05) is 38.2 Å². The topological polar surface area (TPSA) is 66.3 Å². The number of hydrogen-bond acceptors (Lipinski definition) is 4. The number of carbonyl (C=O) groups is 1. The number of hydrogen-bond donors (Lipinski definition) is 1. The molecule has 1 N–H and O–H groups in total. The average molecular weight is 257 g/mol. The molecule has 0 unspecified atom stereocenters. The lowest BCUT2D eigenvalue weighted by molar-refractivity contribution is 0.0690. The van der Waals surface area contributed by atoms with Crippen molar-refractivity contribution in [3.05, 3.63) is 47.3 Å². The zero-order valence-electron chi connectivity index (χ0n) is 11.1. The minimum atomic E-state index is -1.05. The lowest BCUT2D eigenvalue weighted by atomic mass is 10.2. The molecule has 0 aliphatic heterocycles. The van der Waals surface area contributed by atoms with Crippen molar-refractivity contribution in [2.45, 2.75) is 13.8 Å². The Morgan fingerprint density at radius 1 is 1.16 bits per heavy atom. The van der Waals surface area contributed by atoms with Gasteiger partial charge in [-0.15, -0.1) is 0 Å². The number of aryl methyl sites for hydroxylation is 2. The smallest absolute Gasteiger partial charge is 0.354 e. The van der Waals surface area contributed by atoms with Crippen LogP contribution in [0.2, 0.25) is 0 Å². The van der Waals surface area contributed by atoms with Gasteiger partial charge in [-0.3, -0.25) is 0 Å². The zero-order valence-corrected chi connectivity index (χ0v) is 11.1. The molecule has 5 heteroatoms. The van der Waals surface area contributed by atoms with Crippen molar-refractivity contribution in [3.8, 4) is 0 Å². The lowest BCUT2D eigenvalue weighted by Gasteiger charge is -2.18. The van der Waals surface area contributed by atoms with E-state index in [-0.39, 0.29) is 5.69 Å². The zero-order chi connectivity index (χ0) is 14.0. The number of aromatic nitrogens is 2. The molecule has 0 saturated heterocycles. The SMILES string of the molecule is Cc1ccc(N(C)c2nc(C)cc(C(=O)O)n2)cc1. The van der Waals surface area contributed by atoms with Crippen molar-refractivity contribution in [2.75, 3.05) is 11.9 Å². The largest absolute Gasteiger partial charge is 0.477 e. The van der Waals surface area contributed by atoms with Crippen molar-refractivity contribution in [2.24, 2.45) is 0 Å². The van der Waals surface area contributed by atoms with Crippen LogP contribution in [-0.2, 0) is 0 Å². The molecule has 0 bridgehead atoms. The minimum absolute atomic E-state index is 0.00135. The van der Waals surface area contributed by atoms with Crippen LogP contribution in [0, 0.1) is 13.8 Å². The Morgan fingerprint density at radius 2 is 1.79 bits per heavy atom. The highest BCUT2D eigenvalue weighted by Crippen LogP contribution is 2.21. The number of nitrogens with zero attached hydrogens (tertiary/aromatic N) is 3. The molecular formula is C14H15N3O2. The number of carboxylic acids is 1. The molecular weight excluding hydrogens is 242 g/mol. The number of aromatic carboxylic acids is 1. The van der Waals surface area contributed by atoms with Gasteiger partial charge in [0.25, 0.3) is 0 Å². The monoisotopic (exact) mass is 257 g/mol. The van der Waals surface area contributed by atoms with Gasteiger partial charge in [0.2, 0.25) is 5.95 Å². The van der Waals surface area contributed by atoms with Crippen molar-refractivity contribution in [1.82, 2.24) is 9.97 Å². The van der Waals surface area contributed by atoms with E-state index in [1.54, 1.807) is 11.8 Å². The van der Waals surface area contributed by atoms with Gasteiger partial charge in [0.15, 0.2) is 5.69 Å². The molecule has 2 rings (SSSR count). The second kappa shape index (κ2) is 5.06. The summed E-state index contributed by atoms with van der Waals surface area (Å²) in [6.07, 6.45) is 0. The summed E-state index contributed by atoms with van der Waals surface area (Å²) < 4.78 is 0. The van der Waals surface area contributed by atoms with E-state index in [9.17, 15) is 4.79 Å². The first-order valence-corrected chi connectivity index (χ1v) is 5.87. The fourth-order valence-electron chi connectivity index (χ4n) is 1.70. The summed E-state index contributed by atoms with van der Waals surface area (Å²) in [6, 6.07) is 9.32. The van der Waals surface area contributed by atoms with Crippen molar-refractivity contribution >= 4 is 17.6 Å². The number of benzene rings is 1. The quantitative estimate of drug-likeness (QED) is 0.915. The third-order valence-corrected chi connectivity index (χ3v) is 2.78. The third kappa shape index (κ3) is 2.88. The molecule has 0 aliphatic rings. The highest BCUT2D eigenvalue weighted by Gasteiger charge is 2.12. The minimum Gasteiger partial charge on any atom is -0.477 e. The second-order valence-corrected chi connectivity index (χ2v) is 4.39. The molecule has 0 saturated carbocycles. The Labute approximate surface area is 111 Å². The number of carboxylic acid groups (broad SMARTS) is 1. The highest BCUT2D eigenvalue weighted by atomic mass is 16.4. The summed E-state index contributed by atoms with van der Waals surface area (Å²) in [7, 11) is 1.81. The van der Waals surface area contributed by atoms with Crippen molar-refractivity contribution < 1.29 is 9.90 Å². The molecule has 98 valence electrons. The summed E-state index contributed by atoms with van der Waals surface area (Å²) in [6.45, 7) is 3.76. The standard InChI is InChI=1S/C14H15N3O2/c1-9-4-6-11(7-5-9)17(3)14-15-10(2)8-12(16-14)13(18)19/h4-8H,1-3H3,(H,18,19). The van der Waals surface area contributed by atoms with E-state index < -0.39 is 5.97 Å². The van der Waals surface area contributed by atoms with Crippen LogP contribution >= 0.6 is 0 Å². The van der Waals surface area contributed by atoms with Gasteiger partial charge in [-0.25, -0.2) is 14.8 Å². The number of anilines is 2. The predicted octanol–water partition coefficient (Wildman–Crippen LogP) is 2.56. The van der Waals surface area contributed by atoms with Crippen LogP contribution in [0.3, 0.4) is 0 Å². The fraction of sp³-hybridized carbons (Fsp3) is 0.214. The van der Waals surface area contributed by atoms with Gasteiger partial charge in [0.1, 0.15) is 0 Å². The van der Waals surface area contributed by atoms with E-state index in [2.05, 4.69) is 9.97 Å². The van der Waals surface area contributed by atoms with E-state index in [4.69, 9.17) is 5.11 Å². The Hall–Kier alpha value is -2.43. The average Bonchev–Trinajstić information content (AvgIpc) is 2.38. The predicted molar refractivity (Wildman–Crippen MR) is 73.0 cm³/mol. The van der Waals surface area contributed by atoms with E-state index in [1.165, 1.54) is 6.07 Å². The van der Waals surface area contributed by atoms with Crippen LogP contribution in [0.1, 0.15) is 21.7 Å². The molecule has 5 nitrogen and oxygen atoms in total. The molecule has 0 radical (unpaired) electrons. The van der Waals surface area contributed by atoms with Crippen molar-refractivity contribution in [3.63, 3.8) is 0 Å². The summed E-state index contributed by atoms with van der Waals surface area (Å²) in [4.78, 5) is 21.1. The van der Waals surface area contributed by atoms with Gasteiger partial charge >= 0.3 is 5.97 Å². The number of rotatable bonds is 3. The maximum atomic E-state index is 11.0. The Morgan fingerprint density at radius 3 is 2.37 bits per heavy atom. The first-order chi connectivity index (χ1) is 8.97. The molecule has 0 spiro atoms. The van der Waals surface area contributed by atoms with Crippen LogP contribution in [0.25, 0.3) is 0 Å². The summed E-state index contributed by atoms with van der Waals surface area (Å²) in [5, 5.41) is 9.01. The maximum absolute atomic E-state index is 11.0. The van der Waals surface area contributed by atoms with E-state index in [0.717, 1.165) is 11.3 Å². The Kier molecular flexibility index (Phi) is 3.46. The van der Waals surface area contributed by atoms with Gasteiger partial charge in [-0.1, -0.05) is 17.7 Å². The molecule has 0 amide bonds. The molecule has 0 fully saturated rings. The van der Waals surface area contributed by atoms with Gasteiger partial charge in [0, 0.05) is 18.4 Å². The summed E-state index contributed by atoms with van der Waals surface area (Å²) in [5.74, 6) is -0.676. The van der Waals surface area contributed by atoms with E-state index in [0.29, 0.717) is 11.6 Å². The molecule has 1 heterocycles. The van der Waals surface area contributed by atoms with Crippen LogP contribution in [0.5, 0.6) is 0 Å². The van der Waals surface area contributed by atoms with Gasteiger partial charge < -0.3 is 10.0 Å². The second-order valence-electron chi connectivity index (χ2n) is 4.39. The first kappa shape index (κ1) is 13.0. The van der Waals surface area contributed by atoms with Crippen LogP contribution in [0.4, 0.5) is 11.6 Å². The molecule has 2 aromatic rings. The molecule has 0 aliphatic carbocycles. The molecule has 1 aromatic heterocycles. The van der Waals surface area contributed by atoms with E-state index >= 15 is 0 Å². The van der Waals surface area contributed by atoms with Crippen LogP contribution in [-0.4, -0.2) is 28.1 Å². The van der Waals surface area contributed by atoms with Crippen LogP contribution in [0.15, 0.2) is 30.3 Å². The lowest BCUT2D eigenvalue weighted by Crippen LogP contribution is -2.15. The summed E-state index contributed by atoms with van der Waals surface area (Å²) in [5.41, 5.74) is 2.70. The first-order valence-electron chi connectivity index (χ1n) is 5.87. The Bertz CT molecular complexity index is 609. The molecule has 19 heavy (non-hydrogen) atoms. The van der Waals surface area contributed by atoms with Crippen molar-refractivity contribution in [1.29, 1.82) is 0 Å². The Balaban J connectivity index is 2.40. The van der Waals surface area contributed by atoms with Gasteiger partial charge in [-0.05, 0) is 32.0 Å². The van der Waals surface area contributed by atoms with Gasteiger partial charge in [0.05, 0.1) is 0 Å². The highest BCUT2D eigenvalue weighted by molar-refractivity contribution is 5.85. The van der Waals surface area contributed by atoms with Gasteiger partial charge in [-0.2, -0.15) is 0 Å². The summed E-state index contributed by atoms with van der Waals surface area (Å²) >= 11 is 0.